The number of carbonyl (C=O) groups is 1. The molecule has 1 amide bonds. The second kappa shape index (κ2) is 6.70. The van der Waals surface area contributed by atoms with Gasteiger partial charge in [0.1, 0.15) is 30.9 Å². The molecule has 3 heterocycles. The van der Waals surface area contributed by atoms with Crippen molar-refractivity contribution in [3.63, 3.8) is 0 Å². The molecule has 1 aromatic carbocycles. The Morgan fingerprint density at radius 1 is 1.29 bits per heavy atom. The van der Waals surface area contributed by atoms with Gasteiger partial charge in [0.15, 0.2) is 0 Å². The molecular formula is C20H21N5O3. The van der Waals surface area contributed by atoms with Crippen LogP contribution in [0.3, 0.4) is 0 Å². The van der Waals surface area contributed by atoms with E-state index in [0.717, 1.165) is 47.0 Å². The van der Waals surface area contributed by atoms with E-state index in [-0.39, 0.29) is 5.91 Å². The third-order valence-electron chi connectivity index (χ3n) is 5.39. The lowest BCUT2D eigenvalue weighted by Crippen LogP contribution is -2.61. The lowest BCUT2D eigenvalue weighted by Gasteiger charge is -2.43. The van der Waals surface area contributed by atoms with Gasteiger partial charge in [0, 0.05) is 6.42 Å². The Morgan fingerprint density at radius 2 is 2.21 bits per heavy atom. The molecule has 1 aromatic rings. The number of para-hydroxylation sites is 1. The Kier molecular flexibility index (Phi) is 4.03. The molecule has 3 aliphatic heterocycles. The van der Waals surface area contributed by atoms with Crippen molar-refractivity contribution < 1.29 is 14.3 Å². The van der Waals surface area contributed by atoms with Crippen LogP contribution in [-0.2, 0) is 4.74 Å². The van der Waals surface area contributed by atoms with Crippen molar-refractivity contribution in [2.24, 2.45) is 10.1 Å². The molecule has 1 aliphatic carbocycles. The van der Waals surface area contributed by atoms with Crippen LogP contribution in [0.1, 0.15) is 23.2 Å². The van der Waals surface area contributed by atoms with E-state index in [0.29, 0.717) is 25.4 Å². The van der Waals surface area contributed by atoms with Gasteiger partial charge in [-0.25, -0.2) is 0 Å². The Labute approximate surface area is 162 Å². The first-order valence-corrected chi connectivity index (χ1v) is 9.39. The highest BCUT2D eigenvalue weighted by Crippen LogP contribution is 2.38. The number of methoxy groups -OCH3 is 1. The van der Waals surface area contributed by atoms with E-state index >= 15 is 0 Å². The van der Waals surface area contributed by atoms with Crippen molar-refractivity contribution in [2.75, 3.05) is 31.8 Å². The number of hydrogen-bond donors (Lipinski definition) is 2. The summed E-state index contributed by atoms with van der Waals surface area (Å²) in [6, 6.07) is 5.57. The van der Waals surface area contributed by atoms with Crippen molar-refractivity contribution in [3.8, 4) is 5.75 Å². The molecule has 0 aromatic heterocycles. The van der Waals surface area contributed by atoms with E-state index < -0.39 is 6.17 Å². The zero-order valence-corrected chi connectivity index (χ0v) is 15.6. The molecule has 0 radical (unpaired) electrons. The standard InChI is InChI=1S/C20H21N5O3/c1-27-13-7-5-12(6-8-13)16-17(24-22-11-21-16)19-23-20(26)14-3-2-4-15-18(14)25(19)9-10-28-15/h2-5,7,19,22H,6,8-11H2,1H3,(H,23,26). The van der Waals surface area contributed by atoms with Crippen molar-refractivity contribution in [3.05, 3.63) is 47.2 Å². The summed E-state index contributed by atoms with van der Waals surface area (Å²) in [5.41, 5.74) is 7.08. The van der Waals surface area contributed by atoms with Crippen molar-refractivity contribution in [1.29, 1.82) is 0 Å². The maximum atomic E-state index is 12.8. The number of nitrogens with one attached hydrogen (secondary N) is 2. The third kappa shape index (κ3) is 2.64. The van der Waals surface area contributed by atoms with Crippen LogP contribution in [0, 0.1) is 0 Å². The van der Waals surface area contributed by atoms with Gasteiger partial charge in [-0.05, 0) is 30.2 Å². The van der Waals surface area contributed by atoms with Crippen LogP contribution in [0.25, 0.3) is 0 Å². The minimum Gasteiger partial charge on any atom is -0.501 e. The van der Waals surface area contributed by atoms with Gasteiger partial charge in [-0.1, -0.05) is 12.1 Å². The average Bonchev–Trinajstić information content (AvgIpc) is 2.76. The summed E-state index contributed by atoms with van der Waals surface area (Å²) in [4.78, 5) is 19.6. The molecule has 5 rings (SSSR count). The second-order valence-electron chi connectivity index (χ2n) is 6.92. The molecule has 0 bridgehead atoms. The lowest BCUT2D eigenvalue weighted by atomic mass is 9.93. The van der Waals surface area contributed by atoms with E-state index in [1.807, 2.05) is 30.4 Å². The molecule has 0 saturated heterocycles. The largest absolute Gasteiger partial charge is 0.501 e. The number of nitrogens with zero attached hydrogens (tertiary/aromatic N) is 3. The van der Waals surface area contributed by atoms with E-state index in [4.69, 9.17) is 9.47 Å². The topological polar surface area (TPSA) is 87.5 Å². The summed E-state index contributed by atoms with van der Waals surface area (Å²) >= 11 is 0. The fraction of sp³-hybridized carbons (Fsp3) is 0.350. The number of allylic oxidation sites excluding steroid dienone is 4. The minimum atomic E-state index is -0.398. The molecule has 144 valence electrons. The summed E-state index contributed by atoms with van der Waals surface area (Å²) in [6.07, 6.45) is 5.26. The fourth-order valence-electron chi connectivity index (χ4n) is 4.05. The Morgan fingerprint density at radius 3 is 3.04 bits per heavy atom. The molecular weight excluding hydrogens is 358 g/mol. The SMILES string of the molecule is COC1=CC=C(C2=NCNN=C2C2NC(=O)c3cccc4c3N2CCO4)CC1. The first kappa shape index (κ1) is 16.9. The molecule has 1 unspecified atom stereocenters. The number of rotatable bonds is 3. The van der Waals surface area contributed by atoms with Gasteiger partial charge >= 0.3 is 0 Å². The van der Waals surface area contributed by atoms with Gasteiger partial charge in [0.05, 0.1) is 36.4 Å². The highest BCUT2D eigenvalue weighted by atomic mass is 16.5. The molecule has 8 nitrogen and oxygen atoms in total. The predicted molar refractivity (Wildman–Crippen MR) is 106 cm³/mol. The summed E-state index contributed by atoms with van der Waals surface area (Å²) in [5.74, 6) is 1.56. The van der Waals surface area contributed by atoms with E-state index in [9.17, 15) is 4.79 Å². The fourth-order valence-corrected chi connectivity index (χ4v) is 4.05. The van der Waals surface area contributed by atoms with Gasteiger partial charge in [-0.2, -0.15) is 5.10 Å². The molecule has 2 N–H and O–H groups in total. The van der Waals surface area contributed by atoms with Gasteiger partial charge in [-0.15, -0.1) is 0 Å². The second-order valence-corrected chi connectivity index (χ2v) is 6.92. The minimum absolute atomic E-state index is 0.129. The normalized spacial score (nSPS) is 23.1. The van der Waals surface area contributed by atoms with Crippen molar-refractivity contribution in [2.45, 2.75) is 19.0 Å². The van der Waals surface area contributed by atoms with E-state index in [1.165, 1.54) is 0 Å². The molecule has 1 atom stereocenters. The van der Waals surface area contributed by atoms with Crippen LogP contribution in [0.5, 0.6) is 5.75 Å². The first-order chi connectivity index (χ1) is 13.8. The van der Waals surface area contributed by atoms with Crippen LogP contribution in [0.2, 0.25) is 0 Å². The first-order valence-electron chi connectivity index (χ1n) is 9.39. The van der Waals surface area contributed by atoms with Crippen LogP contribution in [0.4, 0.5) is 5.69 Å². The highest BCUT2D eigenvalue weighted by Gasteiger charge is 2.40. The summed E-state index contributed by atoms with van der Waals surface area (Å²) in [7, 11) is 1.69. The molecule has 0 spiro atoms. The van der Waals surface area contributed by atoms with Gasteiger partial charge in [0.2, 0.25) is 0 Å². The van der Waals surface area contributed by atoms with Gasteiger partial charge in [0.25, 0.3) is 5.91 Å². The summed E-state index contributed by atoms with van der Waals surface area (Å²) < 4.78 is 11.1. The number of carbonyl (C=O) groups excluding carboxylic acids is 1. The average molecular weight is 379 g/mol. The highest BCUT2D eigenvalue weighted by molar-refractivity contribution is 6.51. The summed E-state index contributed by atoms with van der Waals surface area (Å²) in [6.45, 7) is 1.63. The van der Waals surface area contributed by atoms with Crippen LogP contribution in [-0.4, -0.2) is 50.4 Å². The lowest BCUT2D eigenvalue weighted by molar-refractivity contribution is 0.0935. The maximum absolute atomic E-state index is 12.8. The monoisotopic (exact) mass is 379 g/mol. The molecule has 0 fully saturated rings. The number of anilines is 1. The number of benzene rings is 1. The maximum Gasteiger partial charge on any atom is 0.255 e. The van der Waals surface area contributed by atoms with Crippen molar-refractivity contribution >= 4 is 23.0 Å². The molecule has 28 heavy (non-hydrogen) atoms. The number of amides is 1. The predicted octanol–water partition coefficient (Wildman–Crippen LogP) is 1.56. The Balaban J connectivity index is 1.53. The van der Waals surface area contributed by atoms with E-state index in [2.05, 4.69) is 25.7 Å². The number of hydrazone groups is 1. The molecule has 0 saturated carbocycles. The van der Waals surface area contributed by atoms with Crippen LogP contribution < -0.4 is 20.4 Å². The number of hydrogen-bond acceptors (Lipinski definition) is 7. The Hall–Kier alpha value is -3.29. The summed E-state index contributed by atoms with van der Waals surface area (Å²) in [5, 5.41) is 7.66. The Bertz CT molecular complexity index is 963. The van der Waals surface area contributed by atoms with Gasteiger partial charge < -0.3 is 19.7 Å². The zero-order chi connectivity index (χ0) is 19.1. The van der Waals surface area contributed by atoms with E-state index in [1.54, 1.807) is 7.11 Å². The molecule has 4 aliphatic rings. The number of aliphatic imine (C=N–C) groups is 1. The van der Waals surface area contributed by atoms with Gasteiger partial charge in [-0.3, -0.25) is 15.2 Å². The quantitative estimate of drug-likeness (QED) is 0.832. The van der Waals surface area contributed by atoms with Crippen molar-refractivity contribution in [1.82, 2.24) is 10.7 Å². The smallest absolute Gasteiger partial charge is 0.255 e. The zero-order valence-electron chi connectivity index (χ0n) is 15.6. The third-order valence-corrected chi connectivity index (χ3v) is 5.39. The number of ether oxygens (including phenoxy) is 2. The van der Waals surface area contributed by atoms with Crippen LogP contribution >= 0.6 is 0 Å². The van der Waals surface area contributed by atoms with Crippen LogP contribution in [0.15, 0.2) is 51.8 Å². The molecule has 8 heteroatoms.